The van der Waals surface area contributed by atoms with Crippen molar-refractivity contribution < 1.29 is 19.2 Å². The van der Waals surface area contributed by atoms with E-state index in [0.717, 1.165) is 31.6 Å². The Morgan fingerprint density at radius 2 is 1.58 bits per heavy atom. The SMILES string of the molecule is NC(=O)c1ccc(N2CCCCC2)c(NC(=O)CCCCN2C(=O)c3ccccc3C2=O)c1. The number of carbonyl (C=O) groups excluding carboxylic acids is 4. The number of benzene rings is 2. The van der Waals surface area contributed by atoms with Crippen LogP contribution in [0.1, 0.15) is 69.6 Å². The summed E-state index contributed by atoms with van der Waals surface area (Å²) in [5.74, 6) is -1.29. The molecule has 8 nitrogen and oxygen atoms in total. The highest BCUT2D eigenvalue weighted by Gasteiger charge is 2.34. The van der Waals surface area contributed by atoms with Crippen molar-refractivity contribution in [1.29, 1.82) is 0 Å². The Bertz CT molecular complexity index is 1060. The maximum atomic E-state index is 12.6. The molecule has 0 aromatic heterocycles. The molecule has 4 amide bonds. The van der Waals surface area contributed by atoms with Gasteiger partial charge in [-0.3, -0.25) is 24.1 Å². The Kier molecular flexibility index (Phi) is 6.72. The number of carbonyl (C=O) groups is 4. The lowest BCUT2D eigenvalue weighted by Crippen LogP contribution is -2.31. The summed E-state index contributed by atoms with van der Waals surface area (Å²) >= 11 is 0. The van der Waals surface area contributed by atoms with Gasteiger partial charge in [0.25, 0.3) is 11.8 Å². The number of nitrogens with two attached hydrogens (primary N) is 1. The minimum Gasteiger partial charge on any atom is -0.370 e. The molecule has 172 valence electrons. The zero-order chi connectivity index (χ0) is 23.4. The van der Waals surface area contributed by atoms with E-state index in [-0.39, 0.29) is 30.7 Å². The van der Waals surface area contributed by atoms with Gasteiger partial charge < -0.3 is 16.0 Å². The quantitative estimate of drug-likeness (QED) is 0.476. The average Bonchev–Trinajstić information content (AvgIpc) is 3.07. The molecule has 1 saturated heterocycles. The summed E-state index contributed by atoms with van der Waals surface area (Å²) in [6.07, 6.45) is 4.65. The molecule has 0 spiro atoms. The number of primary amides is 1. The molecule has 0 saturated carbocycles. The molecule has 2 aromatic carbocycles. The zero-order valence-electron chi connectivity index (χ0n) is 18.5. The van der Waals surface area contributed by atoms with Gasteiger partial charge in [-0.25, -0.2) is 0 Å². The molecule has 2 aliphatic heterocycles. The van der Waals surface area contributed by atoms with Crippen LogP contribution in [-0.2, 0) is 4.79 Å². The molecule has 0 aliphatic carbocycles. The van der Waals surface area contributed by atoms with E-state index >= 15 is 0 Å². The second kappa shape index (κ2) is 9.85. The van der Waals surface area contributed by atoms with Crippen molar-refractivity contribution in [3.8, 4) is 0 Å². The van der Waals surface area contributed by atoms with Gasteiger partial charge in [-0.2, -0.15) is 0 Å². The third-order valence-corrected chi connectivity index (χ3v) is 6.17. The lowest BCUT2D eigenvalue weighted by atomic mass is 10.1. The smallest absolute Gasteiger partial charge is 0.261 e. The number of hydrogen-bond donors (Lipinski definition) is 2. The Balaban J connectivity index is 1.33. The first-order valence-corrected chi connectivity index (χ1v) is 11.4. The van der Waals surface area contributed by atoms with E-state index in [1.54, 1.807) is 36.4 Å². The Morgan fingerprint density at radius 1 is 0.909 bits per heavy atom. The number of nitrogens with one attached hydrogen (secondary N) is 1. The number of anilines is 2. The van der Waals surface area contributed by atoms with E-state index in [2.05, 4.69) is 10.2 Å². The van der Waals surface area contributed by atoms with Crippen LogP contribution in [0.5, 0.6) is 0 Å². The fourth-order valence-electron chi connectivity index (χ4n) is 4.41. The number of amides is 4. The topological polar surface area (TPSA) is 113 Å². The van der Waals surface area contributed by atoms with Gasteiger partial charge in [-0.1, -0.05) is 12.1 Å². The highest BCUT2D eigenvalue weighted by molar-refractivity contribution is 6.21. The van der Waals surface area contributed by atoms with Crippen molar-refractivity contribution >= 4 is 35.0 Å². The van der Waals surface area contributed by atoms with E-state index in [0.29, 0.717) is 35.2 Å². The summed E-state index contributed by atoms with van der Waals surface area (Å²) in [5, 5.41) is 2.93. The number of fused-ring (bicyclic) bond motifs is 1. The molecule has 2 heterocycles. The number of unbranched alkanes of at least 4 members (excludes halogenated alkanes) is 1. The van der Waals surface area contributed by atoms with Gasteiger partial charge in [0.15, 0.2) is 0 Å². The second-order valence-electron chi connectivity index (χ2n) is 8.46. The maximum Gasteiger partial charge on any atom is 0.261 e. The molecule has 33 heavy (non-hydrogen) atoms. The predicted octanol–water partition coefficient (Wildman–Crippen LogP) is 3.18. The third kappa shape index (κ3) is 4.89. The van der Waals surface area contributed by atoms with Crippen molar-refractivity contribution in [1.82, 2.24) is 4.90 Å². The fraction of sp³-hybridized carbons (Fsp3) is 0.360. The second-order valence-corrected chi connectivity index (χ2v) is 8.46. The highest BCUT2D eigenvalue weighted by atomic mass is 16.2. The molecule has 0 bridgehead atoms. The van der Waals surface area contributed by atoms with Crippen LogP contribution in [0.25, 0.3) is 0 Å². The molecule has 3 N–H and O–H groups in total. The number of piperidine rings is 1. The molecular formula is C25H28N4O4. The maximum absolute atomic E-state index is 12.6. The van der Waals surface area contributed by atoms with Gasteiger partial charge in [-0.05, 0) is 62.4 Å². The Labute approximate surface area is 192 Å². The highest BCUT2D eigenvalue weighted by Crippen LogP contribution is 2.30. The van der Waals surface area contributed by atoms with Crippen molar-refractivity contribution in [3.63, 3.8) is 0 Å². The van der Waals surface area contributed by atoms with Gasteiger partial charge in [0.05, 0.1) is 22.5 Å². The van der Waals surface area contributed by atoms with Gasteiger partial charge in [0.1, 0.15) is 0 Å². The minimum atomic E-state index is -0.545. The number of imide groups is 1. The van der Waals surface area contributed by atoms with Crippen molar-refractivity contribution in [2.24, 2.45) is 5.73 Å². The predicted molar refractivity (Wildman–Crippen MR) is 125 cm³/mol. The fourth-order valence-corrected chi connectivity index (χ4v) is 4.41. The molecule has 8 heteroatoms. The summed E-state index contributed by atoms with van der Waals surface area (Å²) in [4.78, 5) is 52.6. The zero-order valence-corrected chi connectivity index (χ0v) is 18.5. The standard InChI is InChI=1S/C25H28N4O4/c26-23(31)17-11-12-21(28-13-5-1-6-14-28)20(16-17)27-22(30)10-4-7-15-29-24(32)18-8-2-3-9-19(18)25(29)33/h2-3,8-9,11-12,16H,1,4-7,10,13-15H2,(H2,26,31)(H,27,30). The van der Waals surface area contributed by atoms with Crippen LogP contribution < -0.4 is 16.0 Å². The third-order valence-electron chi connectivity index (χ3n) is 6.17. The lowest BCUT2D eigenvalue weighted by molar-refractivity contribution is -0.116. The number of hydrogen-bond acceptors (Lipinski definition) is 5. The van der Waals surface area contributed by atoms with Crippen molar-refractivity contribution in [3.05, 3.63) is 59.2 Å². The lowest BCUT2D eigenvalue weighted by Gasteiger charge is -2.30. The summed E-state index contributed by atoms with van der Waals surface area (Å²) in [5.41, 5.74) is 8.10. The molecule has 1 fully saturated rings. The first-order valence-electron chi connectivity index (χ1n) is 11.4. The largest absolute Gasteiger partial charge is 0.370 e. The van der Waals surface area contributed by atoms with Gasteiger partial charge in [-0.15, -0.1) is 0 Å². The molecule has 2 aliphatic rings. The summed E-state index contributed by atoms with van der Waals surface area (Å²) in [7, 11) is 0. The van der Waals surface area contributed by atoms with Crippen LogP contribution in [0.15, 0.2) is 42.5 Å². The van der Waals surface area contributed by atoms with Crippen LogP contribution >= 0.6 is 0 Å². The summed E-state index contributed by atoms with van der Waals surface area (Å²) in [6, 6.07) is 11.9. The first-order chi connectivity index (χ1) is 16.0. The molecule has 2 aromatic rings. The number of nitrogens with zero attached hydrogens (tertiary/aromatic N) is 2. The van der Waals surface area contributed by atoms with Crippen LogP contribution in [0.2, 0.25) is 0 Å². The van der Waals surface area contributed by atoms with Crippen LogP contribution in [0.3, 0.4) is 0 Å². The molecular weight excluding hydrogens is 420 g/mol. The van der Waals surface area contributed by atoms with E-state index in [4.69, 9.17) is 5.73 Å². The monoisotopic (exact) mass is 448 g/mol. The minimum absolute atomic E-state index is 0.183. The van der Waals surface area contributed by atoms with Crippen molar-refractivity contribution in [2.75, 3.05) is 29.9 Å². The Morgan fingerprint density at radius 3 is 2.21 bits per heavy atom. The normalized spacial score (nSPS) is 15.5. The first kappa shape index (κ1) is 22.5. The van der Waals surface area contributed by atoms with Gasteiger partial charge >= 0.3 is 0 Å². The Hall–Kier alpha value is -3.68. The average molecular weight is 449 g/mol. The molecule has 0 unspecified atom stereocenters. The molecule has 4 rings (SSSR count). The van der Waals surface area contributed by atoms with E-state index < -0.39 is 5.91 Å². The van der Waals surface area contributed by atoms with E-state index in [9.17, 15) is 19.2 Å². The molecule has 0 atom stereocenters. The van der Waals surface area contributed by atoms with Crippen LogP contribution in [0.4, 0.5) is 11.4 Å². The van der Waals surface area contributed by atoms with Gasteiger partial charge in [0.2, 0.25) is 11.8 Å². The van der Waals surface area contributed by atoms with Gasteiger partial charge in [0, 0.05) is 31.6 Å². The van der Waals surface area contributed by atoms with Crippen LogP contribution in [0, 0.1) is 0 Å². The van der Waals surface area contributed by atoms with E-state index in [1.165, 1.54) is 11.3 Å². The van der Waals surface area contributed by atoms with Crippen LogP contribution in [-0.4, -0.2) is 48.2 Å². The number of rotatable bonds is 8. The van der Waals surface area contributed by atoms with E-state index in [1.807, 2.05) is 6.07 Å². The summed E-state index contributed by atoms with van der Waals surface area (Å²) in [6.45, 7) is 2.08. The summed E-state index contributed by atoms with van der Waals surface area (Å²) < 4.78 is 0. The molecule has 0 radical (unpaired) electrons. The van der Waals surface area contributed by atoms with Crippen molar-refractivity contribution in [2.45, 2.75) is 38.5 Å².